The Morgan fingerprint density at radius 3 is 2.26 bits per heavy atom. The fourth-order valence-electron chi connectivity index (χ4n) is 1.87. The Morgan fingerprint density at radius 2 is 1.79 bits per heavy atom. The molecule has 6 heteroatoms. The minimum atomic E-state index is -3.68. The monoisotopic (exact) mass is 307 g/mol. The van der Waals surface area contributed by atoms with Crippen LogP contribution in [0.25, 0.3) is 0 Å². The molecular weight excluding hydrogens is 289 g/mol. The van der Waals surface area contributed by atoms with Crippen LogP contribution in [-0.2, 0) is 15.9 Å². The first-order valence-electron chi connectivity index (χ1n) is 6.31. The van der Waals surface area contributed by atoms with Gasteiger partial charge in [-0.2, -0.15) is 4.31 Å². The lowest BCUT2D eigenvalue weighted by molar-refractivity contribution is 0.409. The van der Waals surface area contributed by atoms with Crippen LogP contribution in [0.5, 0.6) is 0 Å². The summed E-state index contributed by atoms with van der Waals surface area (Å²) in [5.74, 6) is -0.526. The molecule has 0 atom stereocenters. The molecule has 0 bridgehead atoms. The number of alkyl halides is 1. The fourth-order valence-corrected chi connectivity index (χ4v) is 4.04. The maximum absolute atomic E-state index is 13.3. The lowest BCUT2D eigenvalue weighted by atomic mass is 10.2. The van der Waals surface area contributed by atoms with Crippen molar-refractivity contribution in [3.05, 3.63) is 29.6 Å². The van der Waals surface area contributed by atoms with Crippen molar-refractivity contribution in [2.75, 3.05) is 13.1 Å². The van der Waals surface area contributed by atoms with Crippen molar-refractivity contribution in [2.45, 2.75) is 37.5 Å². The van der Waals surface area contributed by atoms with E-state index in [1.807, 2.05) is 13.8 Å². The molecule has 0 aromatic heterocycles. The van der Waals surface area contributed by atoms with Crippen molar-refractivity contribution in [1.82, 2.24) is 4.31 Å². The summed E-state index contributed by atoms with van der Waals surface area (Å²) < 4.78 is 39.8. The molecular formula is C13H19ClFNO2S. The van der Waals surface area contributed by atoms with Gasteiger partial charge in [0, 0.05) is 19.0 Å². The minimum absolute atomic E-state index is 0.0237. The van der Waals surface area contributed by atoms with Crippen LogP contribution >= 0.6 is 11.6 Å². The molecule has 108 valence electrons. The van der Waals surface area contributed by atoms with Gasteiger partial charge in [-0.3, -0.25) is 0 Å². The van der Waals surface area contributed by atoms with Gasteiger partial charge in [0.05, 0.1) is 4.90 Å². The van der Waals surface area contributed by atoms with E-state index in [1.54, 1.807) is 0 Å². The molecule has 0 unspecified atom stereocenters. The molecule has 0 aliphatic heterocycles. The smallest absolute Gasteiger partial charge is 0.207 e. The second-order valence-electron chi connectivity index (χ2n) is 4.29. The molecule has 0 aliphatic carbocycles. The molecule has 1 rings (SSSR count). The van der Waals surface area contributed by atoms with Gasteiger partial charge in [-0.25, -0.2) is 12.8 Å². The predicted molar refractivity (Wildman–Crippen MR) is 75.3 cm³/mol. The van der Waals surface area contributed by atoms with E-state index in [2.05, 4.69) is 0 Å². The van der Waals surface area contributed by atoms with E-state index in [0.29, 0.717) is 31.5 Å². The largest absolute Gasteiger partial charge is 0.243 e. The van der Waals surface area contributed by atoms with Gasteiger partial charge in [-0.1, -0.05) is 19.9 Å². The minimum Gasteiger partial charge on any atom is -0.207 e. The summed E-state index contributed by atoms with van der Waals surface area (Å²) in [6.45, 7) is 4.67. The van der Waals surface area contributed by atoms with Crippen molar-refractivity contribution in [2.24, 2.45) is 0 Å². The van der Waals surface area contributed by atoms with Crippen molar-refractivity contribution >= 4 is 21.6 Å². The molecule has 1 aromatic rings. The second kappa shape index (κ2) is 7.22. The van der Waals surface area contributed by atoms with Crippen LogP contribution in [0, 0.1) is 5.82 Å². The van der Waals surface area contributed by atoms with E-state index >= 15 is 0 Å². The summed E-state index contributed by atoms with van der Waals surface area (Å²) in [6.07, 6.45) is 1.43. The first kappa shape index (κ1) is 16.4. The van der Waals surface area contributed by atoms with Gasteiger partial charge in [0.1, 0.15) is 5.82 Å². The van der Waals surface area contributed by atoms with Crippen molar-refractivity contribution in [3.8, 4) is 0 Å². The van der Waals surface area contributed by atoms with Gasteiger partial charge in [0.25, 0.3) is 0 Å². The maximum atomic E-state index is 13.3. The molecule has 0 fully saturated rings. The summed E-state index contributed by atoms with van der Waals surface area (Å²) >= 11 is 5.74. The summed E-state index contributed by atoms with van der Waals surface area (Å²) in [7, 11) is -3.68. The van der Waals surface area contributed by atoms with Crippen molar-refractivity contribution in [1.29, 1.82) is 0 Å². The molecule has 1 aromatic carbocycles. The number of benzene rings is 1. The molecule has 0 spiro atoms. The Labute approximate surface area is 119 Å². The number of nitrogens with zero attached hydrogens (tertiary/aromatic N) is 1. The van der Waals surface area contributed by atoms with Gasteiger partial charge in [0.2, 0.25) is 10.0 Å². The summed E-state index contributed by atoms with van der Waals surface area (Å²) in [6, 6.07) is 3.69. The standard InChI is InChI=1S/C13H19ClFNO2S/c1-3-7-16(8-4-2)19(17,18)13-9-12(15)6-5-11(13)10-14/h5-6,9H,3-4,7-8,10H2,1-2H3. The average molecular weight is 308 g/mol. The average Bonchev–Trinajstić information content (AvgIpc) is 2.38. The van der Waals surface area contributed by atoms with Crippen LogP contribution in [0.1, 0.15) is 32.3 Å². The van der Waals surface area contributed by atoms with Crippen LogP contribution in [-0.4, -0.2) is 25.8 Å². The molecule has 0 amide bonds. The predicted octanol–water partition coefficient (Wildman–Crippen LogP) is 3.38. The van der Waals surface area contributed by atoms with E-state index in [-0.39, 0.29) is 10.8 Å². The molecule has 19 heavy (non-hydrogen) atoms. The zero-order valence-corrected chi connectivity index (χ0v) is 12.8. The van der Waals surface area contributed by atoms with Gasteiger partial charge >= 0.3 is 0 Å². The number of sulfonamides is 1. The topological polar surface area (TPSA) is 37.4 Å². The molecule has 0 radical (unpaired) electrons. The molecule has 0 aliphatic rings. The van der Waals surface area contributed by atoms with E-state index < -0.39 is 15.8 Å². The lowest BCUT2D eigenvalue weighted by Gasteiger charge is -2.22. The van der Waals surface area contributed by atoms with Crippen LogP contribution in [0.2, 0.25) is 0 Å². The van der Waals surface area contributed by atoms with Crippen LogP contribution in [0.4, 0.5) is 4.39 Å². The highest BCUT2D eigenvalue weighted by atomic mass is 35.5. The summed E-state index contributed by atoms with van der Waals surface area (Å²) in [4.78, 5) is -0.0237. The van der Waals surface area contributed by atoms with Crippen molar-refractivity contribution in [3.63, 3.8) is 0 Å². The quantitative estimate of drug-likeness (QED) is 0.724. The first-order valence-corrected chi connectivity index (χ1v) is 8.29. The molecule has 0 heterocycles. The third kappa shape index (κ3) is 3.91. The van der Waals surface area contributed by atoms with Crippen LogP contribution in [0.15, 0.2) is 23.1 Å². The third-order valence-electron chi connectivity index (χ3n) is 2.74. The zero-order chi connectivity index (χ0) is 14.5. The SMILES string of the molecule is CCCN(CCC)S(=O)(=O)c1cc(F)ccc1CCl. The normalized spacial score (nSPS) is 12.1. The zero-order valence-electron chi connectivity index (χ0n) is 11.2. The fraction of sp³-hybridized carbons (Fsp3) is 0.538. The van der Waals surface area contributed by atoms with Gasteiger partial charge < -0.3 is 0 Å². The highest BCUT2D eigenvalue weighted by Crippen LogP contribution is 2.23. The Kier molecular flexibility index (Phi) is 6.23. The maximum Gasteiger partial charge on any atom is 0.243 e. The Morgan fingerprint density at radius 1 is 1.21 bits per heavy atom. The summed E-state index contributed by atoms with van der Waals surface area (Å²) in [5, 5.41) is 0. The van der Waals surface area contributed by atoms with Gasteiger partial charge in [-0.05, 0) is 30.5 Å². The number of halogens is 2. The number of hydrogen-bond acceptors (Lipinski definition) is 2. The number of rotatable bonds is 7. The van der Waals surface area contributed by atoms with Crippen LogP contribution in [0.3, 0.4) is 0 Å². The van der Waals surface area contributed by atoms with E-state index in [0.717, 1.165) is 6.07 Å². The second-order valence-corrected chi connectivity index (χ2v) is 6.46. The molecule has 0 saturated carbocycles. The van der Waals surface area contributed by atoms with E-state index in [1.165, 1.54) is 16.4 Å². The van der Waals surface area contributed by atoms with E-state index in [9.17, 15) is 12.8 Å². The van der Waals surface area contributed by atoms with E-state index in [4.69, 9.17) is 11.6 Å². The molecule has 3 nitrogen and oxygen atoms in total. The Bertz CT molecular complexity index is 513. The molecule has 0 N–H and O–H groups in total. The lowest BCUT2D eigenvalue weighted by Crippen LogP contribution is -2.33. The van der Waals surface area contributed by atoms with Gasteiger partial charge in [0.15, 0.2) is 0 Å². The van der Waals surface area contributed by atoms with Crippen molar-refractivity contribution < 1.29 is 12.8 Å². The third-order valence-corrected chi connectivity index (χ3v) is 5.01. The highest BCUT2D eigenvalue weighted by Gasteiger charge is 2.26. The highest BCUT2D eigenvalue weighted by molar-refractivity contribution is 7.89. The Hall–Kier alpha value is -0.650. The Balaban J connectivity index is 3.27. The number of hydrogen-bond donors (Lipinski definition) is 0. The molecule has 0 saturated heterocycles. The van der Waals surface area contributed by atoms with Crippen LogP contribution < -0.4 is 0 Å². The van der Waals surface area contributed by atoms with Gasteiger partial charge in [-0.15, -0.1) is 11.6 Å². The first-order chi connectivity index (χ1) is 8.97. The summed E-state index contributed by atoms with van der Waals surface area (Å²) in [5.41, 5.74) is 0.431.